The van der Waals surface area contributed by atoms with E-state index in [0.29, 0.717) is 48.4 Å². The van der Waals surface area contributed by atoms with Gasteiger partial charge in [0, 0.05) is 31.5 Å². The molecule has 9 heteroatoms. The van der Waals surface area contributed by atoms with Crippen LogP contribution >= 0.6 is 11.6 Å². The highest BCUT2D eigenvalue weighted by molar-refractivity contribution is 6.33. The van der Waals surface area contributed by atoms with E-state index in [1.54, 1.807) is 30.5 Å². The van der Waals surface area contributed by atoms with Crippen molar-refractivity contribution in [2.45, 2.75) is 25.4 Å². The fourth-order valence-electron chi connectivity index (χ4n) is 3.45. The minimum atomic E-state index is -0.758. The molecule has 3 heterocycles. The van der Waals surface area contributed by atoms with Crippen molar-refractivity contribution in [3.8, 4) is 11.3 Å². The Hall–Kier alpha value is -3.00. The number of aromatic nitrogens is 3. The van der Waals surface area contributed by atoms with E-state index in [9.17, 15) is 9.18 Å². The molecule has 1 aliphatic heterocycles. The molecule has 1 saturated heterocycles. The predicted molar refractivity (Wildman–Crippen MR) is 108 cm³/mol. The van der Waals surface area contributed by atoms with Gasteiger partial charge in [-0.25, -0.2) is 24.1 Å². The molecule has 29 heavy (non-hydrogen) atoms. The average Bonchev–Trinajstić information content (AvgIpc) is 2.69. The van der Waals surface area contributed by atoms with Gasteiger partial charge in [-0.3, -0.25) is 0 Å². The molecule has 0 saturated carbocycles. The number of carbonyl (C=O) groups excluding carboxylic acids is 1. The van der Waals surface area contributed by atoms with Gasteiger partial charge in [-0.1, -0.05) is 23.7 Å². The van der Waals surface area contributed by atoms with Gasteiger partial charge in [-0.05, 0) is 25.1 Å². The lowest BCUT2D eigenvalue weighted by molar-refractivity contribution is 0.0126. The summed E-state index contributed by atoms with van der Waals surface area (Å²) in [7, 11) is 0. The lowest BCUT2D eigenvalue weighted by Crippen LogP contribution is -2.46. The topological polar surface area (TPSA) is 94.2 Å². The van der Waals surface area contributed by atoms with Crippen molar-refractivity contribution in [2.24, 2.45) is 5.73 Å². The Balaban J connectivity index is 1.57. The van der Waals surface area contributed by atoms with Crippen molar-refractivity contribution in [3.63, 3.8) is 0 Å². The summed E-state index contributed by atoms with van der Waals surface area (Å²) in [5.74, 6) is 0.224. The second kappa shape index (κ2) is 7.44. The van der Waals surface area contributed by atoms with Crippen LogP contribution in [0.1, 0.15) is 19.8 Å². The van der Waals surface area contributed by atoms with Gasteiger partial charge in [-0.15, -0.1) is 0 Å². The summed E-state index contributed by atoms with van der Waals surface area (Å²) in [6.45, 7) is 3.20. The van der Waals surface area contributed by atoms with Gasteiger partial charge in [0.15, 0.2) is 5.65 Å². The largest absolute Gasteiger partial charge is 0.443 e. The van der Waals surface area contributed by atoms with Crippen LogP contribution < -0.4 is 10.6 Å². The molecule has 0 atom stereocenters. The standard InChI is InChI=1S/C20H19ClFN5O2/c1-20(29-19(23)28)7-9-27(10-8-20)16-11-24-18-15(25-16)6-5-14(26-18)12-3-2-4-13(22)17(12)21/h2-6,11H,7-10H2,1H3,(H2,23,28). The number of amides is 1. The molecule has 1 amide bonds. The highest BCUT2D eigenvalue weighted by Gasteiger charge is 2.33. The highest BCUT2D eigenvalue weighted by atomic mass is 35.5. The van der Waals surface area contributed by atoms with Crippen molar-refractivity contribution in [1.29, 1.82) is 0 Å². The summed E-state index contributed by atoms with van der Waals surface area (Å²) in [5.41, 5.74) is 6.70. The van der Waals surface area contributed by atoms with E-state index in [-0.39, 0.29) is 5.02 Å². The van der Waals surface area contributed by atoms with E-state index < -0.39 is 17.5 Å². The van der Waals surface area contributed by atoms with Crippen molar-refractivity contribution in [3.05, 3.63) is 47.4 Å². The SMILES string of the molecule is CC1(OC(N)=O)CCN(c2cnc3nc(-c4cccc(F)c4Cl)ccc3n2)CC1. The Labute approximate surface area is 171 Å². The summed E-state index contributed by atoms with van der Waals surface area (Å²) in [5, 5.41) is 0.0264. The zero-order valence-electron chi connectivity index (χ0n) is 15.7. The number of primary amides is 1. The number of halogens is 2. The number of rotatable bonds is 3. The van der Waals surface area contributed by atoms with Gasteiger partial charge in [0.2, 0.25) is 0 Å². The smallest absolute Gasteiger partial charge is 0.405 e. The second-order valence-electron chi connectivity index (χ2n) is 7.23. The van der Waals surface area contributed by atoms with Crippen LogP contribution in [-0.4, -0.2) is 39.7 Å². The van der Waals surface area contributed by atoms with Crippen molar-refractivity contribution >= 4 is 34.7 Å². The van der Waals surface area contributed by atoms with E-state index in [4.69, 9.17) is 22.1 Å². The lowest BCUT2D eigenvalue weighted by Gasteiger charge is -2.38. The number of hydrogen-bond donors (Lipinski definition) is 1. The maximum Gasteiger partial charge on any atom is 0.405 e. The molecule has 4 rings (SSSR count). The third-order valence-electron chi connectivity index (χ3n) is 5.11. The van der Waals surface area contributed by atoms with E-state index in [2.05, 4.69) is 19.9 Å². The van der Waals surface area contributed by atoms with Gasteiger partial charge in [-0.2, -0.15) is 0 Å². The second-order valence-corrected chi connectivity index (χ2v) is 7.60. The number of carbonyl (C=O) groups is 1. The van der Waals surface area contributed by atoms with Crippen LogP contribution in [0.5, 0.6) is 0 Å². The van der Waals surface area contributed by atoms with Gasteiger partial charge >= 0.3 is 6.09 Å². The summed E-state index contributed by atoms with van der Waals surface area (Å²) in [6, 6.07) is 8.13. The summed E-state index contributed by atoms with van der Waals surface area (Å²) in [6.07, 6.45) is 2.19. The van der Waals surface area contributed by atoms with Gasteiger partial charge in [0.1, 0.15) is 22.8 Å². The maximum absolute atomic E-state index is 13.7. The third-order valence-corrected chi connectivity index (χ3v) is 5.50. The molecule has 150 valence electrons. The molecule has 1 aliphatic rings. The Morgan fingerprint density at radius 2 is 2.00 bits per heavy atom. The molecule has 1 fully saturated rings. The first-order valence-corrected chi connectivity index (χ1v) is 9.54. The maximum atomic E-state index is 13.7. The van der Waals surface area contributed by atoms with Crippen LogP contribution in [0.15, 0.2) is 36.5 Å². The molecule has 1 aromatic carbocycles. The number of fused-ring (bicyclic) bond motifs is 1. The first-order chi connectivity index (χ1) is 13.8. The number of nitrogens with two attached hydrogens (primary N) is 1. The average molecular weight is 416 g/mol. The summed E-state index contributed by atoms with van der Waals surface area (Å²) in [4.78, 5) is 26.7. The van der Waals surface area contributed by atoms with Crippen LogP contribution in [0.4, 0.5) is 15.0 Å². The molecule has 0 radical (unpaired) electrons. The minimum absolute atomic E-state index is 0.0264. The van der Waals surface area contributed by atoms with Gasteiger partial charge in [0.25, 0.3) is 0 Å². The normalized spacial score (nSPS) is 16.0. The lowest BCUT2D eigenvalue weighted by atomic mass is 9.93. The Morgan fingerprint density at radius 1 is 1.24 bits per heavy atom. The van der Waals surface area contributed by atoms with Crippen molar-refractivity contribution < 1.29 is 13.9 Å². The zero-order valence-corrected chi connectivity index (χ0v) is 16.5. The minimum Gasteiger partial charge on any atom is -0.443 e. The van der Waals surface area contributed by atoms with Crippen molar-refractivity contribution in [1.82, 2.24) is 15.0 Å². The monoisotopic (exact) mass is 415 g/mol. The number of hydrogen-bond acceptors (Lipinski definition) is 6. The molecule has 0 unspecified atom stereocenters. The van der Waals surface area contributed by atoms with E-state index in [1.165, 1.54) is 6.07 Å². The first kappa shape index (κ1) is 19.3. The fourth-order valence-corrected chi connectivity index (χ4v) is 3.67. The third kappa shape index (κ3) is 3.93. The van der Waals surface area contributed by atoms with Crippen LogP contribution in [0.25, 0.3) is 22.4 Å². The first-order valence-electron chi connectivity index (χ1n) is 9.16. The van der Waals surface area contributed by atoms with E-state index in [0.717, 1.165) is 5.82 Å². The highest BCUT2D eigenvalue weighted by Crippen LogP contribution is 2.31. The van der Waals surface area contributed by atoms with Crippen LogP contribution in [-0.2, 0) is 4.74 Å². The van der Waals surface area contributed by atoms with Crippen LogP contribution in [0, 0.1) is 5.82 Å². The molecular weight excluding hydrogens is 397 g/mol. The quantitative estimate of drug-likeness (QED) is 0.696. The molecule has 0 spiro atoms. The molecule has 0 aliphatic carbocycles. The summed E-state index contributed by atoms with van der Waals surface area (Å²) >= 11 is 6.06. The number of anilines is 1. The molecule has 0 bridgehead atoms. The molecule has 7 nitrogen and oxygen atoms in total. The number of benzene rings is 1. The molecule has 2 aromatic heterocycles. The van der Waals surface area contributed by atoms with Crippen LogP contribution in [0.2, 0.25) is 5.02 Å². The Kier molecular flexibility index (Phi) is 4.96. The number of ether oxygens (including phenoxy) is 1. The van der Waals surface area contributed by atoms with E-state index in [1.807, 2.05) is 6.92 Å². The number of pyridine rings is 1. The molecule has 3 aromatic rings. The van der Waals surface area contributed by atoms with Crippen molar-refractivity contribution in [2.75, 3.05) is 18.0 Å². The Bertz CT molecular complexity index is 1090. The van der Waals surface area contributed by atoms with Gasteiger partial charge in [0.05, 0.1) is 16.9 Å². The fraction of sp³-hybridized carbons (Fsp3) is 0.300. The molecular formula is C20H19ClFN5O2. The van der Waals surface area contributed by atoms with E-state index >= 15 is 0 Å². The summed E-state index contributed by atoms with van der Waals surface area (Å²) < 4.78 is 19.0. The zero-order chi connectivity index (χ0) is 20.6. The Morgan fingerprint density at radius 3 is 2.72 bits per heavy atom. The number of nitrogens with zero attached hydrogens (tertiary/aromatic N) is 4. The van der Waals surface area contributed by atoms with Gasteiger partial charge < -0.3 is 15.4 Å². The predicted octanol–water partition coefficient (Wildman–Crippen LogP) is 3.94. The number of piperidine rings is 1. The van der Waals surface area contributed by atoms with Crippen LogP contribution in [0.3, 0.4) is 0 Å². The molecule has 2 N–H and O–H groups in total.